The quantitative estimate of drug-likeness (QED) is 0.612. The van der Waals surface area contributed by atoms with Gasteiger partial charge in [-0.1, -0.05) is 0 Å². The van der Waals surface area contributed by atoms with Crippen LogP contribution in [0.15, 0.2) is 28.7 Å². The molecule has 0 bridgehead atoms. The van der Waals surface area contributed by atoms with Crippen LogP contribution in [0.5, 0.6) is 11.5 Å². The van der Waals surface area contributed by atoms with Gasteiger partial charge in [0.15, 0.2) is 18.1 Å². The van der Waals surface area contributed by atoms with Gasteiger partial charge in [0.1, 0.15) is 6.07 Å². The molecule has 1 N–H and O–H groups in total. The van der Waals surface area contributed by atoms with E-state index in [1.54, 1.807) is 18.2 Å². The van der Waals surface area contributed by atoms with E-state index < -0.39 is 0 Å². The van der Waals surface area contributed by atoms with Crippen molar-refractivity contribution in [2.45, 2.75) is 13.3 Å². The highest BCUT2D eigenvalue weighted by molar-refractivity contribution is 7.09. The summed E-state index contributed by atoms with van der Waals surface area (Å²) < 4.78 is 10.4. The molecule has 2 rings (SSSR count). The second-order valence-corrected chi connectivity index (χ2v) is 5.75. The van der Waals surface area contributed by atoms with E-state index >= 15 is 0 Å². The number of hydrazone groups is 1. The van der Waals surface area contributed by atoms with Crippen LogP contribution in [0.1, 0.15) is 16.3 Å². The lowest BCUT2D eigenvalue weighted by Gasteiger charge is -2.08. The molecular formula is C16H16N4O3S. The molecule has 0 aliphatic rings. The molecule has 0 saturated heterocycles. The minimum absolute atomic E-state index is 0.0596. The number of carbonyl (C=O) groups excluding carboxylic acids is 1. The summed E-state index contributed by atoms with van der Waals surface area (Å²) in [6.45, 7) is 1.83. The number of methoxy groups -OCH3 is 1. The first-order valence-corrected chi connectivity index (χ1v) is 7.91. The highest BCUT2D eigenvalue weighted by atomic mass is 32.1. The fraction of sp³-hybridized carbons (Fsp3) is 0.250. The van der Waals surface area contributed by atoms with Gasteiger partial charge in [-0.3, -0.25) is 4.79 Å². The molecule has 1 aromatic carbocycles. The van der Waals surface area contributed by atoms with Crippen molar-refractivity contribution in [3.8, 4) is 17.6 Å². The van der Waals surface area contributed by atoms with E-state index in [9.17, 15) is 4.79 Å². The minimum atomic E-state index is -0.238. The summed E-state index contributed by atoms with van der Waals surface area (Å²) in [4.78, 5) is 16.0. The molecule has 2 aromatic rings. The van der Waals surface area contributed by atoms with Crippen LogP contribution < -0.4 is 14.9 Å². The number of benzene rings is 1. The summed E-state index contributed by atoms with van der Waals surface area (Å²) in [6.07, 6.45) is 1.69. The summed E-state index contributed by atoms with van der Waals surface area (Å²) in [5.74, 6) is 0.718. The number of amides is 1. The number of carbonyl (C=O) groups is 1. The van der Waals surface area contributed by atoms with Gasteiger partial charge in [-0.05, 0) is 30.7 Å². The first kappa shape index (κ1) is 17.4. The maximum absolute atomic E-state index is 11.8. The minimum Gasteiger partial charge on any atom is -0.493 e. The lowest BCUT2D eigenvalue weighted by molar-refractivity contribution is -0.120. The summed E-state index contributed by atoms with van der Waals surface area (Å²) in [5, 5.41) is 15.2. The molecule has 0 fully saturated rings. The van der Waals surface area contributed by atoms with Crippen molar-refractivity contribution in [3.05, 3.63) is 39.8 Å². The average Bonchev–Trinajstić information content (AvgIpc) is 2.98. The SMILES string of the molecule is COc1cc(/C=N\NC(=O)Cc2csc(C)n2)ccc1OCC#N. The lowest BCUT2D eigenvalue weighted by Crippen LogP contribution is -2.19. The van der Waals surface area contributed by atoms with E-state index in [0.29, 0.717) is 11.5 Å². The number of ether oxygens (including phenoxy) is 2. The second kappa shape index (κ2) is 8.64. The van der Waals surface area contributed by atoms with Gasteiger partial charge in [0, 0.05) is 5.38 Å². The van der Waals surface area contributed by atoms with Gasteiger partial charge in [0.25, 0.3) is 0 Å². The normalized spacial score (nSPS) is 10.4. The smallest absolute Gasteiger partial charge is 0.246 e. The summed E-state index contributed by atoms with van der Waals surface area (Å²) >= 11 is 1.50. The Hall–Kier alpha value is -2.92. The number of aromatic nitrogens is 1. The van der Waals surface area contributed by atoms with Crippen molar-refractivity contribution >= 4 is 23.5 Å². The molecule has 1 aromatic heterocycles. The van der Waals surface area contributed by atoms with Gasteiger partial charge < -0.3 is 9.47 Å². The van der Waals surface area contributed by atoms with Crippen molar-refractivity contribution in [3.63, 3.8) is 0 Å². The summed E-state index contributed by atoms with van der Waals surface area (Å²) in [7, 11) is 1.51. The number of rotatable bonds is 7. The summed E-state index contributed by atoms with van der Waals surface area (Å²) in [6, 6.07) is 7.02. The number of nitrogens with zero attached hydrogens (tertiary/aromatic N) is 3. The molecule has 0 spiro atoms. The number of hydrogen-bond donors (Lipinski definition) is 1. The van der Waals surface area contributed by atoms with Crippen molar-refractivity contribution in [2.24, 2.45) is 5.10 Å². The first-order chi connectivity index (χ1) is 11.6. The Morgan fingerprint density at radius 2 is 2.33 bits per heavy atom. The zero-order valence-electron chi connectivity index (χ0n) is 13.3. The third kappa shape index (κ3) is 5.07. The predicted molar refractivity (Wildman–Crippen MR) is 90.4 cm³/mol. The van der Waals surface area contributed by atoms with Gasteiger partial charge in [0.2, 0.25) is 5.91 Å². The van der Waals surface area contributed by atoms with E-state index in [0.717, 1.165) is 16.3 Å². The third-order valence-corrected chi connectivity index (χ3v) is 3.71. The monoisotopic (exact) mass is 344 g/mol. The molecule has 1 heterocycles. The number of nitrogens with one attached hydrogen (secondary N) is 1. The topological polar surface area (TPSA) is 96.6 Å². The fourth-order valence-corrected chi connectivity index (χ4v) is 2.48. The first-order valence-electron chi connectivity index (χ1n) is 7.03. The molecule has 0 aliphatic heterocycles. The molecule has 0 radical (unpaired) electrons. The number of aryl methyl sites for hydroxylation is 1. The van der Waals surface area contributed by atoms with Crippen molar-refractivity contribution in [2.75, 3.05) is 13.7 Å². The highest BCUT2D eigenvalue weighted by Crippen LogP contribution is 2.27. The Balaban J connectivity index is 1.93. The van der Waals surface area contributed by atoms with Crippen LogP contribution in [0.2, 0.25) is 0 Å². The summed E-state index contributed by atoms with van der Waals surface area (Å²) in [5.41, 5.74) is 3.91. The molecule has 1 amide bonds. The van der Waals surface area contributed by atoms with Gasteiger partial charge in [0.05, 0.1) is 30.4 Å². The van der Waals surface area contributed by atoms with E-state index in [1.165, 1.54) is 24.7 Å². The van der Waals surface area contributed by atoms with Crippen LogP contribution in [-0.2, 0) is 11.2 Å². The lowest BCUT2D eigenvalue weighted by atomic mass is 10.2. The van der Waals surface area contributed by atoms with Crippen LogP contribution in [0.4, 0.5) is 0 Å². The number of thiazole rings is 1. The zero-order chi connectivity index (χ0) is 17.4. The van der Waals surface area contributed by atoms with Gasteiger partial charge >= 0.3 is 0 Å². The van der Waals surface area contributed by atoms with E-state index in [4.69, 9.17) is 14.7 Å². The predicted octanol–water partition coefficient (Wildman–Crippen LogP) is 2.06. The Labute approximate surface area is 143 Å². The van der Waals surface area contributed by atoms with Crippen LogP contribution in [0, 0.1) is 18.3 Å². The largest absolute Gasteiger partial charge is 0.493 e. The van der Waals surface area contributed by atoms with Crippen LogP contribution >= 0.6 is 11.3 Å². The number of hydrogen-bond acceptors (Lipinski definition) is 7. The third-order valence-electron chi connectivity index (χ3n) is 2.89. The maximum Gasteiger partial charge on any atom is 0.246 e. The Kier molecular flexibility index (Phi) is 6.28. The van der Waals surface area contributed by atoms with Gasteiger partial charge in [-0.25, -0.2) is 10.4 Å². The Morgan fingerprint density at radius 1 is 1.50 bits per heavy atom. The van der Waals surface area contributed by atoms with E-state index in [2.05, 4.69) is 15.5 Å². The highest BCUT2D eigenvalue weighted by Gasteiger charge is 2.06. The average molecular weight is 344 g/mol. The molecule has 0 unspecified atom stereocenters. The van der Waals surface area contributed by atoms with Crippen LogP contribution in [0.3, 0.4) is 0 Å². The molecule has 7 nitrogen and oxygen atoms in total. The van der Waals surface area contributed by atoms with Crippen molar-refractivity contribution in [1.29, 1.82) is 5.26 Å². The molecular weight excluding hydrogens is 328 g/mol. The fourth-order valence-electron chi connectivity index (χ4n) is 1.87. The van der Waals surface area contributed by atoms with Crippen LogP contribution in [-0.4, -0.2) is 30.8 Å². The van der Waals surface area contributed by atoms with E-state index in [-0.39, 0.29) is 18.9 Å². The van der Waals surface area contributed by atoms with Crippen molar-refractivity contribution in [1.82, 2.24) is 10.4 Å². The maximum atomic E-state index is 11.8. The molecule has 124 valence electrons. The molecule has 24 heavy (non-hydrogen) atoms. The van der Waals surface area contributed by atoms with E-state index in [1.807, 2.05) is 18.4 Å². The van der Waals surface area contributed by atoms with Gasteiger partial charge in [-0.15, -0.1) is 11.3 Å². The molecule has 8 heteroatoms. The zero-order valence-corrected chi connectivity index (χ0v) is 14.1. The second-order valence-electron chi connectivity index (χ2n) is 4.68. The van der Waals surface area contributed by atoms with Gasteiger partial charge in [-0.2, -0.15) is 10.4 Å². The molecule has 0 saturated carbocycles. The Bertz CT molecular complexity index is 780. The number of nitriles is 1. The van der Waals surface area contributed by atoms with Crippen LogP contribution in [0.25, 0.3) is 0 Å². The van der Waals surface area contributed by atoms with Crippen molar-refractivity contribution < 1.29 is 14.3 Å². The Morgan fingerprint density at radius 3 is 3.00 bits per heavy atom. The molecule has 0 atom stereocenters. The molecule has 0 aliphatic carbocycles. The standard InChI is InChI=1S/C16H16N4O3S/c1-11-19-13(10-24-11)8-16(21)20-18-9-12-3-4-14(23-6-5-17)15(7-12)22-2/h3-4,7,9-10H,6,8H2,1-2H3,(H,20,21)/b18-9-.